The van der Waals surface area contributed by atoms with E-state index in [0.29, 0.717) is 23.7 Å². The van der Waals surface area contributed by atoms with Crippen LogP contribution in [0.4, 0.5) is 10.5 Å². The molecule has 0 spiro atoms. The van der Waals surface area contributed by atoms with Gasteiger partial charge in [0.1, 0.15) is 0 Å². The molecule has 0 fully saturated rings. The number of benzene rings is 1. The van der Waals surface area contributed by atoms with Crippen molar-refractivity contribution < 1.29 is 4.79 Å². The zero-order chi connectivity index (χ0) is 18.5. The third-order valence-corrected chi connectivity index (χ3v) is 4.29. The minimum absolute atomic E-state index is 0.264. The van der Waals surface area contributed by atoms with Gasteiger partial charge in [0.2, 0.25) is 0 Å². The molecular weight excluding hydrogens is 350 g/mol. The lowest BCUT2D eigenvalue weighted by Crippen LogP contribution is -2.30. The summed E-state index contributed by atoms with van der Waals surface area (Å²) in [5, 5.41) is 10.8. The van der Waals surface area contributed by atoms with E-state index in [0.717, 1.165) is 22.8 Å². The van der Waals surface area contributed by atoms with Gasteiger partial charge in [0.25, 0.3) is 0 Å². The summed E-state index contributed by atoms with van der Waals surface area (Å²) in [7, 11) is 0. The summed E-state index contributed by atoms with van der Waals surface area (Å²) in [6, 6.07) is 12.5. The summed E-state index contributed by atoms with van der Waals surface area (Å²) < 4.78 is 1.83. The number of amides is 2. The molecule has 0 radical (unpaired) electrons. The van der Waals surface area contributed by atoms with Gasteiger partial charge in [-0.3, -0.25) is 0 Å². The summed E-state index contributed by atoms with van der Waals surface area (Å²) >= 11 is 5.91. The first-order chi connectivity index (χ1) is 12.5. The molecule has 0 saturated heterocycles. The number of anilines is 1. The lowest BCUT2D eigenvalue weighted by Gasteiger charge is -2.08. The molecule has 2 N–H and O–H groups in total. The van der Waals surface area contributed by atoms with Gasteiger partial charge in [0.15, 0.2) is 5.82 Å². The molecule has 1 aromatic carbocycles. The van der Waals surface area contributed by atoms with Gasteiger partial charge in [-0.05, 0) is 56.2 Å². The maximum Gasteiger partial charge on any atom is 0.319 e. The van der Waals surface area contributed by atoms with Gasteiger partial charge in [0, 0.05) is 29.1 Å². The van der Waals surface area contributed by atoms with Gasteiger partial charge in [-0.15, -0.1) is 0 Å². The average molecular weight is 370 g/mol. The highest BCUT2D eigenvalue weighted by Gasteiger charge is 2.13. The lowest BCUT2D eigenvalue weighted by molar-refractivity contribution is 0.252. The van der Waals surface area contributed by atoms with E-state index in [4.69, 9.17) is 11.6 Å². The first-order valence-corrected chi connectivity index (χ1v) is 8.69. The number of pyridine rings is 1. The average Bonchev–Trinajstić information content (AvgIpc) is 2.90. The second kappa shape index (κ2) is 8.01. The highest BCUT2D eigenvalue weighted by molar-refractivity contribution is 6.30. The third-order valence-electron chi connectivity index (χ3n) is 4.05. The summed E-state index contributed by atoms with van der Waals surface area (Å²) in [4.78, 5) is 16.4. The molecule has 134 valence electrons. The second-order valence-corrected chi connectivity index (χ2v) is 6.33. The maximum atomic E-state index is 12.0. The summed E-state index contributed by atoms with van der Waals surface area (Å²) in [6.07, 6.45) is 2.43. The van der Waals surface area contributed by atoms with Crippen LogP contribution < -0.4 is 10.6 Å². The normalized spacial score (nSPS) is 10.6. The number of urea groups is 1. The monoisotopic (exact) mass is 369 g/mol. The van der Waals surface area contributed by atoms with Crippen LogP contribution in [-0.2, 0) is 6.42 Å². The van der Waals surface area contributed by atoms with E-state index in [1.54, 1.807) is 30.5 Å². The van der Waals surface area contributed by atoms with Crippen LogP contribution in [0.1, 0.15) is 17.0 Å². The zero-order valence-corrected chi connectivity index (χ0v) is 15.4. The fourth-order valence-corrected chi connectivity index (χ4v) is 2.97. The molecule has 6 nitrogen and oxygen atoms in total. The predicted octanol–water partition coefficient (Wildman–Crippen LogP) is 3.90. The minimum Gasteiger partial charge on any atom is -0.338 e. The van der Waals surface area contributed by atoms with E-state index in [9.17, 15) is 4.79 Å². The number of aromatic nitrogens is 3. The fraction of sp³-hybridized carbons (Fsp3) is 0.211. The van der Waals surface area contributed by atoms with E-state index in [2.05, 4.69) is 20.7 Å². The molecule has 7 heteroatoms. The van der Waals surface area contributed by atoms with Gasteiger partial charge >= 0.3 is 6.03 Å². The lowest BCUT2D eigenvalue weighted by atomic mass is 10.1. The minimum atomic E-state index is -0.264. The Bertz CT molecular complexity index is 908. The van der Waals surface area contributed by atoms with Crippen LogP contribution in [0.2, 0.25) is 5.02 Å². The Morgan fingerprint density at radius 2 is 2.04 bits per heavy atom. The fourth-order valence-electron chi connectivity index (χ4n) is 2.78. The van der Waals surface area contributed by atoms with Crippen molar-refractivity contribution in [3.05, 3.63) is 70.6 Å². The molecule has 0 aliphatic rings. The van der Waals surface area contributed by atoms with Crippen LogP contribution in [0, 0.1) is 13.8 Å². The number of nitrogens with zero attached hydrogens (tertiary/aromatic N) is 3. The van der Waals surface area contributed by atoms with Crippen molar-refractivity contribution in [2.45, 2.75) is 20.3 Å². The van der Waals surface area contributed by atoms with Gasteiger partial charge < -0.3 is 10.6 Å². The summed E-state index contributed by atoms with van der Waals surface area (Å²) in [5.74, 6) is 0.783. The van der Waals surface area contributed by atoms with Crippen LogP contribution in [0.5, 0.6) is 0 Å². The van der Waals surface area contributed by atoms with Crippen LogP contribution >= 0.6 is 11.6 Å². The SMILES string of the molecule is Cc1nn(-c2ccccn2)c(C)c1CCNC(=O)Nc1cccc(Cl)c1. The highest BCUT2D eigenvalue weighted by atomic mass is 35.5. The van der Waals surface area contributed by atoms with Crippen molar-refractivity contribution in [3.8, 4) is 5.82 Å². The molecule has 26 heavy (non-hydrogen) atoms. The van der Waals surface area contributed by atoms with E-state index in [1.165, 1.54) is 0 Å². The Balaban J connectivity index is 1.60. The molecule has 0 bridgehead atoms. The largest absolute Gasteiger partial charge is 0.338 e. The van der Waals surface area contributed by atoms with E-state index >= 15 is 0 Å². The van der Waals surface area contributed by atoms with Gasteiger partial charge in [-0.2, -0.15) is 5.10 Å². The van der Waals surface area contributed by atoms with E-state index in [1.807, 2.05) is 36.7 Å². The molecule has 3 rings (SSSR count). The number of halogens is 1. The second-order valence-electron chi connectivity index (χ2n) is 5.89. The Morgan fingerprint density at radius 1 is 1.19 bits per heavy atom. The summed E-state index contributed by atoms with van der Waals surface area (Å²) in [6.45, 7) is 4.48. The predicted molar refractivity (Wildman–Crippen MR) is 103 cm³/mol. The van der Waals surface area contributed by atoms with Crippen molar-refractivity contribution in [2.24, 2.45) is 0 Å². The van der Waals surface area contributed by atoms with Crippen LogP contribution in [-0.4, -0.2) is 27.3 Å². The van der Waals surface area contributed by atoms with E-state index < -0.39 is 0 Å². The van der Waals surface area contributed by atoms with Gasteiger partial charge in [-0.25, -0.2) is 14.5 Å². The van der Waals surface area contributed by atoms with Crippen molar-refractivity contribution in [2.75, 3.05) is 11.9 Å². The van der Waals surface area contributed by atoms with Crippen LogP contribution in [0.15, 0.2) is 48.7 Å². The Morgan fingerprint density at radius 3 is 2.77 bits per heavy atom. The molecule has 0 unspecified atom stereocenters. The molecule has 3 aromatic rings. The molecule has 2 amide bonds. The van der Waals surface area contributed by atoms with Crippen molar-refractivity contribution in [1.29, 1.82) is 0 Å². The number of rotatable bonds is 5. The van der Waals surface area contributed by atoms with Gasteiger partial charge in [-0.1, -0.05) is 23.7 Å². The van der Waals surface area contributed by atoms with Crippen LogP contribution in [0.3, 0.4) is 0 Å². The van der Waals surface area contributed by atoms with Crippen molar-refractivity contribution in [3.63, 3.8) is 0 Å². The van der Waals surface area contributed by atoms with E-state index in [-0.39, 0.29) is 6.03 Å². The number of hydrogen-bond donors (Lipinski definition) is 2. The first-order valence-electron chi connectivity index (χ1n) is 8.31. The number of aryl methyl sites for hydroxylation is 1. The van der Waals surface area contributed by atoms with Gasteiger partial charge in [0.05, 0.1) is 5.69 Å². The third kappa shape index (κ3) is 4.21. The topological polar surface area (TPSA) is 71.8 Å². The number of carbonyl (C=O) groups excluding carboxylic acids is 1. The van der Waals surface area contributed by atoms with Crippen molar-refractivity contribution in [1.82, 2.24) is 20.1 Å². The summed E-state index contributed by atoms with van der Waals surface area (Å²) in [5.41, 5.74) is 3.73. The zero-order valence-electron chi connectivity index (χ0n) is 14.7. The number of hydrogen-bond acceptors (Lipinski definition) is 3. The smallest absolute Gasteiger partial charge is 0.319 e. The Labute approximate surface area is 157 Å². The highest BCUT2D eigenvalue weighted by Crippen LogP contribution is 2.17. The number of nitrogens with one attached hydrogen (secondary N) is 2. The Hall–Kier alpha value is -2.86. The van der Waals surface area contributed by atoms with Crippen LogP contribution in [0.25, 0.3) is 5.82 Å². The standard InChI is InChI=1S/C19H20ClN5O/c1-13-17(14(2)25(24-13)18-8-3-4-10-21-18)9-11-22-19(26)23-16-7-5-6-15(20)12-16/h3-8,10,12H,9,11H2,1-2H3,(H2,22,23,26). The molecule has 0 aliphatic carbocycles. The molecule has 0 aliphatic heterocycles. The molecular formula is C19H20ClN5O. The molecule has 2 aromatic heterocycles. The number of carbonyl (C=O) groups is 1. The Kier molecular flexibility index (Phi) is 5.53. The molecule has 0 atom stereocenters. The van der Waals surface area contributed by atoms with Crippen molar-refractivity contribution >= 4 is 23.3 Å². The quantitative estimate of drug-likeness (QED) is 0.716. The molecule has 2 heterocycles. The first kappa shape index (κ1) is 17.9. The maximum absolute atomic E-state index is 12.0. The molecule has 0 saturated carbocycles.